The summed E-state index contributed by atoms with van der Waals surface area (Å²) in [6.07, 6.45) is 4.88. The van der Waals surface area contributed by atoms with Gasteiger partial charge in [-0.15, -0.1) is 0 Å². The number of aromatic nitrogens is 2. The molecule has 1 aliphatic carbocycles. The van der Waals surface area contributed by atoms with Crippen LogP contribution in [0.1, 0.15) is 17.7 Å². The highest BCUT2D eigenvalue weighted by Gasteiger charge is 2.17. The van der Waals surface area contributed by atoms with Crippen LogP contribution in [-0.4, -0.2) is 16.0 Å². The predicted molar refractivity (Wildman–Crippen MR) is 67.5 cm³/mol. The highest BCUT2D eigenvalue weighted by molar-refractivity contribution is 5.54. The Hall–Kier alpha value is -1.74. The fourth-order valence-corrected chi connectivity index (χ4v) is 2.25. The van der Waals surface area contributed by atoms with Crippen LogP contribution in [0.25, 0.3) is 11.4 Å². The summed E-state index contributed by atoms with van der Waals surface area (Å²) >= 11 is 0. The first-order valence-electron chi connectivity index (χ1n) is 5.99. The predicted octanol–water partition coefficient (Wildman–Crippen LogP) is 1.96. The monoisotopic (exact) mass is 225 g/mol. The van der Waals surface area contributed by atoms with Gasteiger partial charge in [-0.2, -0.15) is 0 Å². The molecule has 3 heteroatoms. The molecule has 0 fully saturated rings. The fraction of sp³-hybridized carbons (Fsp3) is 0.286. The van der Waals surface area contributed by atoms with Crippen LogP contribution < -0.4 is 5.73 Å². The third-order valence-electron chi connectivity index (χ3n) is 3.23. The molecule has 1 aromatic heterocycles. The smallest absolute Gasteiger partial charge is 0.159 e. The molecule has 1 atom stereocenters. The largest absolute Gasteiger partial charge is 0.327 e. The van der Waals surface area contributed by atoms with Gasteiger partial charge in [0.2, 0.25) is 0 Å². The van der Waals surface area contributed by atoms with Crippen molar-refractivity contribution in [2.75, 3.05) is 0 Å². The second-order valence-electron chi connectivity index (χ2n) is 4.53. The number of hydrogen-bond acceptors (Lipinski definition) is 3. The second-order valence-corrected chi connectivity index (χ2v) is 4.53. The normalized spacial score (nSPS) is 18.8. The molecule has 1 heterocycles. The van der Waals surface area contributed by atoms with Gasteiger partial charge in [0, 0.05) is 29.9 Å². The zero-order valence-electron chi connectivity index (χ0n) is 9.63. The Morgan fingerprint density at radius 2 is 2.00 bits per heavy atom. The van der Waals surface area contributed by atoms with Crippen LogP contribution in [0.5, 0.6) is 0 Å². The van der Waals surface area contributed by atoms with Crippen molar-refractivity contribution in [2.45, 2.75) is 25.3 Å². The molecule has 1 aliphatic rings. The number of nitrogens with zero attached hydrogens (tertiary/aromatic N) is 2. The van der Waals surface area contributed by atoms with Gasteiger partial charge in [-0.25, -0.2) is 9.97 Å². The minimum absolute atomic E-state index is 0.251. The molecule has 0 unspecified atom stereocenters. The lowest BCUT2D eigenvalue weighted by atomic mass is 9.93. The minimum Gasteiger partial charge on any atom is -0.327 e. The molecule has 17 heavy (non-hydrogen) atoms. The van der Waals surface area contributed by atoms with E-state index in [0.29, 0.717) is 0 Å². The molecular weight excluding hydrogens is 210 g/mol. The van der Waals surface area contributed by atoms with Gasteiger partial charge in [0.1, 0.15) is 0 Å². The highest BCUT2D eigenvalue weighted by Crippen LogP contribution is 2.21. The van der Waals surface area contributed by atoms with Crippen molar-refractivity contribution in [3.8, 4) is 11.4 Å². The zero-order chi connectivity index (χ0) is 11.7. The molecule has 0 saturated carbocycles. The van der Waals surface area contributed by atoms with E-state index in [1.165, 1.54) is 5.56 Å². The van der Waals surface area contributed by atoms with E-state index in [4.69, 9.17) is 5.73 Å². The van der Waals surface area contributed by atoms with E-state index in [9.17, 15) is 0 Å². The molecule has 1 aromatic carbocycles. The van der Waals surface area contributed by atoms with Crippen LogP contribution in [0.3, 0.4) is 0 Å². The quantitative estimate of drug-likeness (QED) is 0.807. The highest BCUT2D eigenvalue weighted by atomic mass is 14.9. The Kier molecular flexibility index (Phi) is 2.61. The van der Waals surface area contributed by atoms with Crippen molar-refractivity contribution in [1.29, 1.82) is 0 Å². The third-order valence-corrected chi connectivity index (χ3v) is 3.23. The number of nitrogens with two attached hydrogens (primary N) is 1. The van der Waals surface area contributed by atoms with Crippen LogP contribution in [0.2, 0.25) is 0 Å². The van der Waals surface area contributed by atoms with Crippen LogP contribution in [0, 0.1) is 0 Å². The maximum Gasteiger partial charge on any atom is 0.159 e. The Morgan fingerprint density at radius 3 is 2.82 bits per heavy atom. The van der Waals surface area contributed by atoms with Gasteiger partial charge in [-0.3, -0.25) is 0 Å². The Labute approximate surface area is 101 Å². The van der Waals surface area contributed by atoms with Crippen molar-refractivity contribution in [3.05, 3.63) is 47.8 Å². The average Bonchev–Trinajstić information content (AvgIpc) is 2.39. The number of hydrogen-bond donors (Lipinski definition) is 1. The molecule has 2 aromatic rings. The first-order valence-corrected chi connectivity index (χ1v) is 5.99. The molecule has 3 nitrogen and oxygen atoms in total. The van der Waals surface area contributed by atoms with E-state index < -0.39 is 0 Å². The summed E-state index contributed by atoms with van der Waals surface area (Å²) in [5.41, 5.74) is 9.42. The molecular formula is C14H15N3. The molecule has 0 aliphatic heterocycles. The van der Waals surface area contributed by atoms with E-state index in [1.807, 2.05) is 36.5 Å². The Morgan fingerprint density at radius 1 is 1.18 bits per heavy atom. The summed E-state index contributed by atoms with van der Waals surface area (Å²) in [5.74, 6) is 0.804. The van der Waals surface area contributed by atoms with Gasteiger partial charge in [-0.1, -0.05) is 30.3 Å². The molecule has 0 radical (unpaired) electrons. The van der Waals surface area contributed by atoms with E-state index in [-0.39, 0.29) is 6.04 Å². The summed E-state index contributed by atoms with van der Waals surface area (Å²) in [4.78, 5) is 9.08. The summed E-state index contributed by atoms with van der Waals surface area (Å²) in [5, 5.41) is 0. The lowest BCUT2D eigenvalue weighted by molar-refractivity contribution is 0.563. The van der Waals surface area contributed by atoms with Crippen LogP contribution >= 0.6 is 0 Å². The first kappa shape index (κ1) is 10.4. The lowest BCUT2D eigenvalue weighted by Gasteiger charge is -2.20. The summed E-state index contributed by atoms with van der Waals surface area (Å²) < 4.78 is 0. The van der Waals surface area contributed by atoms with Crippen molar-refractivity contribution >= 4 is 0 Å². The standard InChI is InChI=1S/C14H15N3/c15-12-7-6-11-9-16-14(17-13(11)8-12)10-4-2-1-3-5-10/h1-5,9,12H,6-8,15H2/t12-/m1/s1. The van der Waals surface area contributed by atoms with Crippen LogP contribution in [0.15, 0.2) is 36.5 Å². The van der Waals surface area contributed by atoms with Gasteiger partial charge in [-0.05, 0) is 18.4 Å². The molecule has 86 valence electrons. The van der Waals surface area contributed by atoms with Crippen LogP contribution in [0.4, 0.5) is 0 Å². The van der Waals surface area contributed by atoms with Crippen molar-refractivity contribution in [1.82, 2.24) is 9.97 Å². The number of rotatable bonds is 1. The zero-order valence-corrected chi connectivity index (χ0v) is 9.63. The van der Waals surface area contributed by atoms with Gasteiger partial charge >= 0.3 is 0 Å². The first-order chi connectivity index (χ1) is 8.33. The SMILES string of the molecule is N[C@@H]1CCc2cnc(-c3ccccc3)nc2C1. The van der Waals surface area contributed by atoms with Crippen LogP contribution in [-0.2, 0) is 12.8 Å². The van der Waals surface area contributed by atoms with Gasteiger partial charge in [0.15, 0.2) is 5.82 Å². The van der Waals surface area contributed by atoms with Crippen molar-refractivity contribution < 1.29 is 0 Å². The van der Waals surface area contributed by atoms with Gasteiger partial charge in [0.05, 0.1) is 0 Å². The maximum atomic E-state index is 5.98. The van der Waals surface area contributed by atoms with Crippen molar-refractivity contribution in [2.24, 2.45) is 5.73 Å². The van der Waals surface area contributed by atoms with E-state index >= 15 is 0 Å². The summed E-state index contributed by atoms with van der Waals surface area (Å²) in [6, 6.07) is 10.3. The van der Waals surface area contributed by atoms with Gasteiger partial charge < -0.3 is 5.73 Å². The average molecular weight is 225 g/mol. The Balaban J connectivity index is 2.01. The fourth-order valence-electron chi connectivity index (χ4n) is 2.25. The Bertz CT molecular complexity index is 522. The number of fused-ring (bicyclic) bond motifs is 1. The molecule has 0 bridgehead atoms. The topological polar surface area (TPSA) is 51.8 Å². The summed E-state index contributed by atoms with van der Waals surface area (Å²) in [7, 11) is 0. The summed E-state index contributed by atoms with van der Waals surface area (Å²) in [6.45, 7) is 0. The lowest BCUT2D eigenvalue weighted by Crippen LogP contribution is -2.28. The molecule has 3 rings (SSSR count). The minimum atomic E-state index is 0.251. The van der Waals surface area contributed by atoms with E-state index in [2.05, 4.69) is 9.97 Å². The molecule has 0 amide bonds. The second kappa shape index (κ2) is 4.26. The van der Waals surface area contributed by atoms with Gasteiger partial charge in [0.25, 0.3) is 0 Å². The molecule has 0 saturated heterocycles. The van der Waals surface area contributed by atoms with E-state index in [1.54, 1.807) is 0 Å². The molecule has 0 spiro atoms. The number of benzene rings is 1. The van der Waals surface area contributed by atoms with E-state index in [0.717, 1.165) is 36.3 Å². The molecule has 2 N–H and O–H groups in total. The maximum absolute atomic E-state index is 5.98. The third kappa shape index (κ3) is 2.06. The number of aryl methyl sites for hydroxylation is 1. The van der Waals surface area contributed by atoms with Crippen molar-refractivity contribution in [3.63, 3.8) is 0 Å².